The number of nitrogens with zero attached hydrogens (tertiary/aromatic N) is 3. The van der Waals surface area contributed by atoms with Crippen molar-refractivity contribution in [2.24, 2.45) is 0 Å². The molecule has 0 amide bonds. The van der Waals surface area contributed by atoms with Crippen LogP contribution in [0.3, 0.4) is 0 Å². The summed E-state index contributed by atoms with van der Waals surface area (Å²) in [4.78, 5) is 10.9. The minimum Gasteiger partial charge on any atom is -0.352 e. The minimum atomic E-state index is -0.442. The van der Waals surface area contributed by atoms with Gasteiger partial charge in [-0.2, -0.15) is 0 Å². The molecule has 0 unspecified atom stereocenters. The predicted molar refractivity (Wildman–Crippen MR) is 97.9 cm³/mol. The SMILES string of the molecule is Fc1ccc(Nc2cc(N3CCc4ccccc4C3)ncn2)cc1Cl. The van der Waals surface area contributed by atoms with Crippen LogP contribution in [0.15, 0.2) is 54.9 Å². The maximum atomic E-state index is 13.3. The molecule has 0 saturated heterocycles. The maximum Gasteiger partial charge on any atom is 0.141 e. The van der Waals surface area contributed by atoms with Crippen LogP contribution in [-0.2, 0) is 13.0 Å². The van der Waals surface area contributed by atoms with Crippen molar-refractivity contribution >= 4 is 28.9 Å². The molecule has 2 aromatic carbocycles. The van der Waals surface area contributed by atoms with Crippen LogP contribution in [0.25, 0.3) is 0 Å². The number of fused-ring (bicyclic) bond motifs is 1. The smallest absolute Gasteiger partial charge is 0.141 e. The van der Waals surface area contributed by atoms with Crippen LogP contribution < -0.4 is 10.2 Å². The molecule has 3 aromatic rings. The van der Waals surface area contributed by atoms with Crippen LogP contribution >= 0.6 is 11.6 Å². The summed E-state index contributed by atoms with van der Waals surface area (Å²) in [7, 11) is 0. The van der Waals surface area contributed by atoms with Crippen LogP contribution in [0.5, 0.6) is 0 Å². The Morgan fingerprint density at radius 3 is 2.72 bits per heavy atom. The lowest BCUT2D eigenvalue weighted by Crippen LogP contribution is -2.31. The Morgan fingerprint density at radius 2 is 1.88 bits per heavy atom. The molecule has 1 aliphatic heterocycles. The second-order valence-electron chi connectivity index (χ2n) is 5.96. The third-order valence-electron chi connectivity index (χ3n) is 4.30. The highest BCUT2D eigenvalue weighted by molar-refractivity contribution is 6.31. The zero-order valence-corrected chi connectivity index (χ0v) is 14.2. The van der Waals surface area contributed by atoms with Crippen molar-refractivity contribution in [3.63, 3.8) is 0 Å². The van der Waals surface area contributed by atoms with Gasteiger partial charge in [0.1, 0.15) is 23.8 Å². The molecular weight excluding hydrogens is 339 g/mol. The van der Waals surface area contributed by atoms with Gasteiger partial charge in [-0.25, -0.2) is 14.4 Å². The van der Waals surface area contributed by atoms with E-state index in [-0.39, 0.29) is 5.02 Å². The van der Waals surface area contributed by atoms with Crippen LogP contribution in [0.2, 0.25) is 5.02 Å². The molecule has 126 valence electrons. The van der Waals surface area contributed by atoms with Crippen LogP contribution in [0.4, 0.5) is 21.7 Å². The van der Waals surface area contributed by atoms with E-state index in [1.807, 2.05) is 6.07 Å². The van der Waals surface area contributed by atoms with Crippen molar-refractivity contribution in [1.82, 2.24) is 9.97 Å². The van der Waals surface area contributed by atoms with E-state index in [4.69, 9.17) is 11.6 Å². The monoisotopic (exact) mass is 354 g/mol. The fourth-order valence-electron chi connectivity index (χ4n) is 3.00. The Kier molecular flexibility index (Phi) is 4.24. The van der Waals surface area contributed by atoms with Crippen molar-refractivity contribution in [3.05, 3.63) is 76.8 Å². The first-order valence-corrected chi connectivity index (χ1v) is 8.43. The molecule has 0 bridgehead atoms. The van der Waals surface area contributed by atoms with Gasteiger partial charge >= 0.3 is 0 Å². The summed E-state index contributed by atoms with van der Waals surface area (Å²) in [5.74, 6) is 1.06. The third-order valence-corrected chi connectivity index (χ3v) is 4.59. The van der Waals surface area contributed by atoms with E-state index in [2.05, 4.69) is 44.5 Å². The number of halogens is 2. The van der Waals surface area contributed by atoms with E-state index >= 15 is 0 Å². The van der Waals surface area contributed by atoms with Gasteiger partial charge in [0.05, 0.1) is 5.02 Å². The van der Waals surface area contributed by atoms with E-state index in [0.29, 0.717) is 11.5 Å². The summed E-state index contributed by atoms with van der Waals surface area (Å²) in [5.41, 5.74) is 3.40. The zero-order chi connectivity index (χ0) is 17.2. The Labute approximate surface area is 150 Å². The molecule has 4 nitrogen and oxygen atoms in total. The van der Waals surface area contributed by atoms with Gasteiger partial charge in [-0.3, -0.25) is 0 Å². The fourth-order valence-corrected chi connectivity index (χ4v) is 3.18. The summed E-state index contributed by atoms with van der Waals surface area (Å²) < 4.78 is 13.3. The number of aromatic nitrogens is 2. The van der Waals surface area contributed by atoms with Crippen LogP contribution in [0, 0.1) is 5.82 Å². The molecule has 2 heterocycles. The van der Waals surface area contributed by atoms with E-state index in [9.17, 15) is 4.39 Å². The molecule has 0 spiro atoms. The highest BCUT2D eigenvalue weighted by atomic mass is 35.5. The number of anilines is 3. The number of benzene rings is 2. The number of hydrogen-bond acceptors (Lipinski definition) is 4. The quantitative estimate of drug-likeness (QED) is 0.747. The lowest BCUT2D eigenvalue weighted by atomic mass is 10.00. The first kappa shape index (κ1) is 15.8. The second kappa shape index (κ2) is 6.69. The minimum absolute atomic E-state index is 0.0758. The lowest BCUT2D eigenvalue weighted by Gasteiger charge is -2.29. The van der Waals surface area contributed by atoms with Crippen molar-refractivity contribution in [1.29, 1.82) is 0 Å². The summed E-state index contributed by atoms with van der Waals surface area (Å²) in [6, 6.07) is 14.9. The molecule has 1 N–H and O–H groups in total. The molecule has 25 heavy (non-hydrogen) atoms. The van der Waals surface area contributed by atoms with Crippen molar-refractivity contribution < 1.29 is 4.39 Å². The largest absolute Gasteiger partial charge is 0.352 e. The van der Waals surface area contributed by atoms with Gasteiger partial charge < -0.3 is 10.2 Å². The summed E-state index contributed by atoms with van der Waals surface area (Å²) in [5, 5.41) is 3.22. The van der Waals surface area contributed by atoms with Gasteiger partial charge in [-0.05, 0) is 35.7 Å². The first-order chi connectivity index (χ1) is 12.2. The van der Waals surface area contributed by atoms with Gasteiger partial charge in [0, 0.05) is 24.8 Å². The molecule has 0 saturated carbocycles. The molecule has 6 heteroatoms. The molecule has 0 fully saturated rings. The normalized spacial score (nSPS) is 13.4. The third kappa shape index (κ3) is 3.42. The fraction of sp³-hybridized carbons (Fsp3) is 0.158. The Morgan fingerprint density at radius 1 is 1.04 bits per heavy atom. The standard InChI is InChI=1S/C19H16ClFN4/c20-16-9-15(5-6-17(16)21)24-18-10-19(23-12-22-18)25-8-7-13-3-1-2-4-14(13)11-25/h1-6,9-10,12H,7-8,11H2,(H,22,23,24). The summed E-state index contributed by atoms with van der Waals surface area (Å²) in [6.45, 7) is 1.74. The van der Waals surface area contributed by atoms with E-state index < -0.39 is 5.82 Å². The molecule has 0 atom stereocenters. The topological polar surface area (TPSA) is 41.0 Å². The average molecular weight is 355 g/mol. The van der Waals surface area contributed by atoms with Crippen molar-refractivity contribution in [2.75, 3.05) is 16.8 Å². The molecular formula is C19H16ClFN4. The molecule has 4 rings (SSSR count). The van der Waals surface area contributed by atoms with Gasteiger partial charge in [0.25, 0.3) is 0 Å². The molecule has 0 radical (unpaired) electrons. The lowest BCUT2D eigenvalue weighted by molar-refractivity contribution is 0.628. The van der Waals surface area contributed by atoms with Crippen LogP contribution in [-0.4, -0.2) is 16.5 Å². The number of hydrogen-bond donors (Lipinski definition) is 1. The number of nitrogens with one attached hydrogen (secondary N) is 1. The average Bonchev–Trinajstić information content (AvgIpc) is 2.65. The van der Waals surface area contributed by atoms with Gasteiger partial charge in [-0.1, -0.05) is 35.9 Å². The summed E-state index contributed by atoms with van der Waals surface area (Å²) >= 11 is 5.82. The van der Waals surface area contributed by atoms with Crippen molar-refractivity contribution in [2.45, 2.75) is 13.0 Å². The molecule has 1 aromatic heterocycles. The van der Waals surface area contributed by atoms with Crippen LogP contribution in [0.1, 0.15) is 11.1 Å². The molecule has 1 aliphatic rings. The second-order valence-corrected chi connectivity index (χ2v) is 6.36. The maximum absolute atomic E-state index is 13.3. The Hall–Kier alpha value is -2.66. The van der Waals surface area contributed by atoms with Crippen molar-refractivity contribution in [3.8, 4) is 0 Å². The first-order valence-electron chi connectivity index (χ1n) is 8.05. The zero-order valence-electron chi connectivity index (χ0n) is 13.4. The van der Waals surface area contributed by atoms with E-state index in [1.165, 1.54) is 29.6 Å². The Balaban J connectivity index is 1.55. The van der Waals surface area contributed by atoms with Gasteiger partial charge in [0.15, 0.2) is 0 Å². The van der Waals surface area contributed by atoms with E-state index in [0.717, 1.165) is 25.3 Å². The number of rotatable bonds is 3. The van der Waals surface area contributed by atoms with E-state index in [1.54, 1.807) is 6.07 Å². The highest BCUT2D eigenvalue weighted by Crippen LogP contribution is 2.26. The summed E-state index contributed by atoms with van der Waals surface area (Å²) in [6.07, 6.45) is 2.53. The molecule has 0 aliphatic carbocycles. The predicted octanol–water partition coefficient (Wildman–Crippen LogP) is 4.58. The van der Waals surface area contributed by atoms with Gasteiger partial charge in [-0.15, -0.1) is 0 Å². The Bertz CT molecular complexity index is 915. The van der Waals surface area contributed by atoms with Gasteiger partial charge in [0.2, 0.25) is 0 Å². The highest BCUT2D eigenvalue weighted by Gasteiger charge is 2.17.